The van der Waals surface area contributed by atoms with Gasteiger partial charge >= 0.3 is 0 Å². The second-order valence-electron chi connectivity index (χ2n) is 5.75. The molecule has 5 heteroatoms. The van der Waals surface area contributed by atoms with Gasteiger partial charge in [-0.15, -0.1) is 0 Å². The van der Waals surface area contributed by atoms with Crippen molar-refractivity contribution in [2.45, 2.75) is 52.6 Å². The first-order valence-electron chi connectivity index (χ1n) is 6.61. The van der Waals surface area contributed by atoms with Crippen molar-refractivity contribution in [3.05, 3.63) is 23.8 Å². The second kappa shape index (κ2) is 6.61. The summed E-state index contributed by atoms with van der Waals surface area (Å²) in [5, 5.41) is 6.23. The number of nitrogens with zero attached hydrogens (tertiary/aromatic N) is 2. The number of hydrogen-bond donors (Lipinski definition) is 2. The van der Waals surface area contributed by atoms with Crippen LogP contribution in [0.15, 0.2) is 12.4 Å². The van der Waals surface area contributed by atoms with Gasteiger partial charge in [-0.3, -0.25) is 14.8 Å². The quantitative estimate of drug-likeness (QED) is 0.850. The zero-order valence-electron chi connectivity index (χ0n) is 12.4. The number of aryl methyl sites for hydroxylation is 1. The molecular formula is C14H24N4O. The molecule has 0 saturated heterocycles. The minimum atomic E-state index is -0.176. The number of hydrogen-bond acceptors (Lipinski definition) is 4. The first-order valence-corrected chi connectivity index (χ1v) is 6.61. The normalized spacial score (nSPS) is 13.1. The Morgan fingerprint density at radius 3 is 2.53 bits per heavy atom. The second-order valence-corrected chi connectivity index (χ2v) is 5.75. The first-order chi connectivity index (χ1) is 8.79. The minimum Gasteiger partial charge on any atom is -0.351 e. The molecule has 1 atom stereocenters. The van der Waals surface area contributed by atoms with E-state index < -0.39 is 0 Å². The first kappa shape index (κ1) is 15.6. The molecule has 1 rings (SSSR count). The number of rotatable bonds is 5. The third-order valence-electron chi connectivity index (χ3n) is 2.65. The van der Waals surface area contributed by atoms with E-state index >= 15 is 0 Å². The van der Waals surface area contributed by atoms with Crippen molar-refractivity contribution in [2.75, 3.05) is 6.54 Å². The summed E-state index contributed by atoms with van der Waals surface area (Å²) >= 11 is 0. The zero-order valence-corrected chi connectivity index (χ0v) is 12.4. The number of carbonyl (C=O) groups is 1. The predicted octanol–water partition coefficient (Wildman–Crippen LogP) is 1.74. The van der Waals surface area contributed by atoms with Gasteiger partial charge in [-0.25, -0.2) is 0 Å². The van der Waals surface area contributed by atoms with Crippen LogP contribution in [-0.4, -0.2) is 28.0 Å². The molecule has 1 aromatic heterocycles. The lowest BCUT2D eigenvalue weighted by molar-refractivity contribution is -0.122. The summed E-state index contributed by atoms with van der Waals surface area (Å²) in [6.45, 7) is 10.5. The van der Waals surface area contributed by atoms with E-state index in [4.69, 9.17) is 0 Å². The fraction of sp³-hybridized carbons (Fsp3) is 0.643. The highest BCUT2D eigenvalue weighted by molar-refractivity contribution is 5.76. The summed E-state index contributed by atoms with van der Waals surface area (Å²) in [5.41, 5.74) is 1.67. The SMILES string of the molecule is Cc1nccnc1C(C)NCCC(=O)NC(C)(C)C. The Bertz CT molecular complexity index is 426. The van der Waals surface area contributed by atoms with Crippen molar-refractivity contribution in [1.29, 1.82) is 0 Å². The number of carbonyl (C=O) groups excluding carboxylic acids is 1. The van der Waals surface area contributed by atoms with Crippen molar-refractivity contribution in [3.63, 3.8) is 0 Å². The molecule has 1 aromatic rings. The van der Waals surface area contributed by atoms with Crippen molar-refractivity contribution in [2.24, 2.45) is 0 Å². The highest BCUT2D eigenvalue weighted by Crippen LogP contribution is 2.11. The molecule has 1 unspecified atom stereocenters. The maximum atomic E-state index is 11.7. The van der Waals surface area contributed by atoms with Crippen LogP contribution >= 0.6 is 0 Å². The average molecular weight is 264 g/mol. The molecule has 0 aliphatic rings. The molecule has 19 heavy (non-hydrogen) atoms. The van der Waals surface area contributed by atoms with E-state index in [1.54, 1.807) is 12.4 Å². The van der Waals surface area contributed by atoms with Crippen molar-refractivity contribution in [3.8, 4) is 0 Å². The maximum absolute atomic E-state index is 11.7. The Balaban J connectivity index is 2.38. The van der Waals surface area contributed by atoms with Crippen LogP contribution in [0.25, 0.3) is 0 Å². The summed E-state index contributed by atoms with van der Waals surface area (Å²) in [6, 6.07) is 0.0936. The molecule has 5 nitrogen and oxygen atoms in total. The zero-order chi connectivity index (χ0) is 14.5. The monoisotopic (exact) mass is 264 g/mol. The molecule has 2 N–H and O–H groups in total. The Kier molecular flexibility index (Phi) is 5.42. The fourth-order valence-corrected chi connectivity index (χ4v) is 1.82. The molecule has 0 saturated carbocycles. The predicted molar refractivity (Wildman–Crippen MR) is 75.7 cm³/mol. The third-order valence-corrected chi connectivity index (χ3v) is 2.65. The van der Waals surface area contributed by atoms with E-state index in [0.29, 0.717) is 13.0 Å². The summed E-state index contributed by atoms with van der Waals surface area (Å²) in [6.07, 6.45) is 3.83. The van der Waals surface area contributed by atoms with Gasteiger partial charge in [0, 0.05) is 36.9 Å². The van der Waals surface area contributed by atoms with E-state index in [-0.39, 0.29) is 17.5 Å². The fourth-order valence-electron chi connectivity index (χ4n) is 1.82. The highest BCUT2D eigenvalue weighted by atomic mass is 16.1. The van der Waals surface area contributed by atoms with Crippen molar-refractivity contribution < 1.29 is 4.79 Å². The van der Waals surface area contributed by atoms with Crippen LogP contribution in [0.3, 0.4) is 0 Å². The number of aromatic nitrogens is 2. The van der Waals surface area contributed by atoms with Gasteiger partial charge in [0.05, 0.1) is 11.4 Å². The Morgan fingerprint density at radius 1 is 1.32 bits per heavy atom. The van der Waals surface area contributed by atoms with E-state index in [2.05, 4.69) is 20.6 Å². The lowest BCUT2D eigenvalue weighted by Gasteiger charge is -2.21. The highest BCUT2D eigenvalue weighted by Gasteiger charge is 2.14. The Labute approximate surface area is 115 Å². The van der Waals surface area contributed by atoms with Gasteiger partial charge < -0.3 is 10.6 Å². The molecule has 1 heterocycles. The number of nitrogens with one attached hydrogen (secondary N) is 2. The molecule has 0 fully saturated rings. The molecule has 0 radical (unpaired) electrons. The molecule has 0 spiro atoms. The molecule has 0 aliphatic carbocycles. The van der Waals surface area contributed by atoms with E-state index in [0.717, 1.165) is 11.4 Å². The summed E-state index contributed by atoms with van der Waals surface area (Å²) in [4.78, 5) is 20.2. The van der Waals surface area contributed by atoms with Crippen LogP contribution < -0.4 is 10.6 Å². The van der Waals surface area contributed by atoms with Crippen LogP contribution in [0.4, 0.5) is 0 Å². The van der Waals surface area contributed by atoms with E-state index in [1.165, 1.54) is 0 Å². The van der Waals surface area contributed by atoms with Crippen molar-refractivity contribution >= 4 is 5.91 Å². The minimum absolute atomic E-state index is 0.0584. The molecule has 1 amide bonds. The third kappa shape index (κ3) is 5.79. The van der Waals surface area contributed by atoms with Crippen LogP contribution in [0.5, 0.6) is 0 Å². The van der Waals surface area contributed by atoms with Gasteiger partial charge in [0.15, 0.2) is 0 Å². The Hall–Kier alpha value is -1.49. The van der Waals surface area contributed by atoms with Gasteiger partial charge in [0.2, 0.25) is 5.91 Å². The topological polar surface area (TPSA) is 66.9 Å². The van der Waals surface area contributed by atoms with E-state index in [9.17, 15) is 4.79 Å². The van der Waals surface area contributed by atoms with Crippen LogP contribution in [-0.2, 0) is 4.79 Å². The molecule has 106 valence electrons. The van der Waals surface area contributed by atoms with Gasteiger partial charge in [0.25, 0.3) is 0 Å². The molecule has 0 aromatic carbocycles. The van der Waals surface area contributed by atoms with Crippen LogP contribution in [0.1, 0.15) is 51.5 Å². The number of amides is 1. The largest absolute Gasteiger partial charge is 0.351 e. The maximum Gasteiger partial charge on any atom is 0.221 e. The standard InChI is InChI=1S/C14H24N4O/c1-10(13-11(2)16-8-9-17-13)15-7-6-12(19)18-14(3,4)5/h8-10,15H,6-7H2,1-5H3,(H,18,19). The molecule has 0 bridgehead atoms. The molecular weight excluding hydrogens is 240 g/mol. The Morgan fingerprint density at radius 2 is 1.95 bits per heavy atom. The lowest BCUT2D eigenvalue weighted by Crippen LogP contribution is -2.41. The summed E-state index contributed by atoms with van der Waals surface area (Å²) in [7, 11) is 0. The van der Waals surface area contributed by atoms with E-state index in [1.807, 2.05) is 34.6 Å². The van der Waals surface area contributed by atoms with Gasteiger partial charge in [0.1, 0.15) is 0 Å². The van der Waals surface area contributed by atoms with Crippen LogP contribution in [0.2, 0.25) is 0 Å². The smallest absolute Gasteiger partial charge is 0.221 e. The van der Waals surface area contributed by atoms with Crippen LogP contribution in [0, 0.1) is 6.92 Å². The van der Waals surface area contributed by atoms with Gasteiger partial charge in [-0.05, 0) is 34.6 Å². The van der Waals surface area contributed by atoms with Gasteiger partial charge in [-0.2, -0.15) is 0 Å². The van der Waals surface area contributed by atoms with Gasteiger partial charge in [-0.1, -0.05) is 0 Å². The lowest BCUT2D eigenvalue weighted by atomic mass is 10.1. The summed E-state index contributed by atoms with van der Waals surface area (Å²) < 4.78 is 0. The summed E-state index contributed by atoms with van der Waals surface area (Å²) in [5.74, 6) is 0.0584. The molecule has 0 aliphatic heterocycles. The average Bonchev–Trinajstić information content (AvgIpc) is 2.26. The van der Waals surface area contributed by atoms with Crippen molar-refractivity contribution in [1.82, 2.24) is 20.6 Å².